The van der Waals surface area contributed by atoms with Crippen LogP contribution in [0.4, 0.5) is 15.8 Å². The van der Waals surface area contributed by atoms with Crippen LogP contribution in [0.1, 0.15) is 10.4 Å². The average molecular weight is 354 g/mol. The highest BCUT2D eigenvalue weighted by Gasteiger charge is 2.15. The number of benzene rings is 2. The predicted molar refractivity (Wildman–Crippen MR) is 82.9 cm³/mol. The predicted octanol–water partition coefficient (Wildman–Crippen LogP) is 3.13. The van der Waals surface area contributed by atoms with Crippen molar-refractivity contribution in [3.63, 3.8) is 0 Å². The van der Waals surface area contributed by atoms with Crippen LogP contribution in [0.3, 0.4) is 0 Å². The Morgan fingerprint density at radius 1 is 1.33 bits per heavy atom. The van der Waals surface area contributed by atoms with Crippen LogP contribution in [-0.4, -0.2) is 13.0 Å². The Morgan fingerprint density at radius 2 is 2.10 bits per heavy atom. The Hall–Kier alpha value is -2.12. The first kappa shape index (κ1) is 15.3. The molecule has 0 aliphatic rings. The first-order chi connectivity index (χ1) is 10.0. The Morgan fingerprint density at radius 3 is 2.76 bits per heavy atom. The quantitative estimate of drug-likeness (QED) is 0.582. The van der Waals surface area contributed by atoms with E-state index in [0.29, 0.717) is 11.4 Å². The molecule has 0 aliphatic heterocycles. The number of nitrogens with one attached hydrogen (secondary N) is 2. The van der Waals surface area contributed by atoms with Crippen molar-refractivity contribution in [2.45, 2.75) is 0 Å². The number of amides is 1. The number of halogens is 2. The molecule has 1 amide bonds. The van der Waals surface area contributed by atoms with Crippen molar-refractivity contribution in [1.29, 1.82) is 0 Å². The smallest absolute Gasteiger partial charge is 0.257 e. The van der Waals surface area contributed by atoms with Gasteiger partial charge >= 0.3 is 0 Å². The molecular weight excluding hydrogens is 341 g/mol. The van der Waals surface area contributed by atoms with Crippen molar-refractivity contribution in [2.75, 3.05) is 17.9 Å². The molecule has 0 spiro atoms. The molecule has 0 heterocycles. The molecule has 0 unspecified atom stereocenters. The molecule has 2 aromatic carbocycles. The van der Waals surface area contributed by atoms with Gasteiger partial charge in [-0.25, -0.2) is 4.39 Å². The van der Waals surface area contributed by atoms with Crippen molar-refractivity contribution < 1.29 is 13.9 Å². The topological polar surface area (TPSA) is 76.4 Å². The van der Waals surface area contributed by atoms with Crippen LogP contribution in [0, 0.1) is 5.82 Å². The lowest BCUT2D eigenvalue weighted by Crippen LogP contribution is -2.18. The van der Waals surface area contributed by atoms with E-state index in [1.807, 2.05) is 0 Å². The van der Waals surface area contributed by atoms with Crippen LogP contribution in [-0.2, 0) is 0 Å². The Kier molecular flexibility index (Phi) is 4.77. The van der Waals surface area contributed by atoms with Crippen LogP contribution in [0.25, 0.3) is 0 Å². The van der Waals surface area contributed by atoms with Crippen LogP contribution < -0.4 is 21.3 Å². The molecule has 2 rings (SSSR count). The maximum absolute atomic E-state index is 13.6. The molecule has 110 valence electrons. The van der Waals surface area contributed by atoms with Crippen LogP contribution in [0.5, 0.6) is 5.75 Å². The zero-order chi connectivity index (χ0) is 15.4. The SMILES string of the molecule is COc1cc(Br)cc(NC(=O)c2cccc(F)c2NN)c1. The van der Waals surface area contributed by atoms with Gasteiger partial charge in [0.1, 0.15) is 11.6 Å². The van der Waals surface area contributed by atoms with Gasteiger partial charge in [-0.2, -0.15) is 0 Å². The molecule has 0 aliphatic carbocycles. The third-order valence-corrected chi connectivity index (χ3v) is 3.23. The van der Waals surface area contributed by atoms with Gasteiger partial charge in [-0.1, -0.05) is 22.0 Å². The van der Waals surface area contributed by atoms with Crippen LogP contribution >= 0.6 is 15.9 Å². The fourth-order valence-corrected chi connectivity index (χ4v) is 2.28. The van der Waals surface area contributed by atoms with Gasteiger partial charge in [-0.05, 0) is 24.3 Å². The molecule has 2 aromatic rings. The Bertz CT molecular complexity index is 679. The summed E-state index contributed by atoms with van der Waals surface area (Å²) >= 11 is 3.32. The molecule has 21 heavy (non-hydrogen) atoms. The maximum atomic E-state index is 13.6. The minimum atomic E-state index is -0.600. The summed E-state index contributed by atoms with van der Waals surface area (Å²) in [6, 6.07) is 9.24. The lowest BCUT2D eigenvalue weighted by molar-refractivity contribution is 0.102. The van der Waals surface area contributed by atoms with Gasteiger partial charge in [-0.15, -0.1) is 0 Å². The summed E-state index contributed by atoms with van der Waals surface area (Å²) < 4.78 is 19.4. The summed E-state index contributed by atoms with van der Waals surface area (Å²) in [4.78, 5) is 12.2. The molecule has 0 aromatic heterocycles. The van der Waals surface area contributed by atoms with Gasteiger partial charge < -0.3 is 15.5 Å². The summed E-state index contributed by atoms with van der Waals surface area (Å²) in [5.74, 6) is 4.75. The van der Waals surface area contributed by atoms with Crippen LogP contribution in [0.15, 0.2) is 40.9 Å². The van der Waals surface area contributed by atoms with E-state index in [1.54, 1.807) is 18.2 Å². The highest BCUT2D eigenvalue weighted by Crippen LogP contribution is 2.26. The van der Waals surface area contributed by atoms with Crippen molar-refractivity contribution in [1.82, 2.24) is 0 Å². The lowest BCUT2D eigenvalue weighted by Gasteiger charge is -2.11. The minimum Gasteiger partial charge on any atom is -0.497 e. The van der Waals surface area contributed by atoms with Crippen molar-refractivity contribution in [3.8, 4) is 5.75 Å². The fraction of sp³-hybridized carbons (Fsp3) is 0.0714. The van der Waals surface area contributed by atoms with Gasteiger partial charge in [0, 0.05) is 16.2 Å². The second-order valence-electron chi connectivity index (χ2n) is 4.14. The largest absolute Gasteiger partial charge is 0.497 e. The molecule has 5 nitrogen and oxygen atoms in total. The number of hydrogen-bond donors (Lipinski definition) is 3. The molecule has 0 radical (unpaired) electrons. The van der Waals surface area contributed by atoms with E-state index in [1.165, 1.54) is 25.3 Å². The second kappa shape index (κ2) is 6.55. The zero-order valence-corrected chi connectivity index (χ0v) is 12.7. The first-order valence-corrected chi connectivity index (χ1v) is 6.75. The monoisotopic (exact) mass is 353 g/mol. The van der Waals surface area contributed by atoms with Gasteiger partial charge in [0.05, 0.1) is 18.4 Å². The van der Waals surface area contributed by atoms with E-state index >= 15 is 0 Å². The second-order valence-corrected chi connectivity index (χ2v) is 5.06. The normalized spacial score (nSPS) is 10.1. The van der Waals surface area contributed by atoms with Crippen molar-refractivity contribution in [2.24, 2.45) is 5.84 Å². The molecule has 0 saturated heterocycles. The minimum absolute atomic E-state index is 0.0584. The number of hydrazine groups is 1. The van der Waals surface area contributed by atoms with Crippen LogP contribution in [0.2, 0.25) is 0 Å². The summed E-state index contributed by atoms with van der Waals surface area (Å²) in [5, 5.41) is 2.66. The van der Waals surface area contributed by atoms with E-state index in [9.17, 15) is 9.18 Å². The number of para-hydroxylation sites is 1. The summed E-state index contributed by atoms with van der Waals surface area (Å²) in [6.45, 7) is 0. The Balaban J connectivity index is 2.30. The average Bonchev–Trinajstić information content (AvgIpc) is 2.46. The number of nitrogen functional groups attached to an aromatic ring is 1. The van der Waals surface area contributed by atoms with Crippen molar-refractivity contribution in [3.05, 3.63) is 52.3 Å². The van der Waals surface area contributed by atoms with Gasteiger partial charge in [0.25, 0.3) is 5.91 Å². The molecule has 0 bridgehead atoms. The lowest BCUT2D eigenvalue weighted by atomic mass is 10.1. The van der Waals surface area contributed by atoms with E-state index in [2.05, 4.69) is 26.7 Å². The van der Waals surface area contributed by atoms with E-state index in [-0.39, 0.29) is 11.3 Å². The number of carbonyl (C=O) groups excluding carboxylic acids is 1. The summed E-state index contributed by atoms with van der Waals surface area (Å²) in [7, 11) is 1.52. The molecule has 4 N–H and O–H groups in total. The number of anilines is 2. The van der Waals surface area contributed by atoms with E-state index < -0.39 is 11.7 Å². The molecular formula is C14H13BrFN3O2. The molecule has 0 saturated carbocycles. The molecule has 0 fully saturated rings. The number of nitrogens with two attached hydrogens (primary N) is 1. The number of carbonyl (C=O) groups is 1. The third kappa shape index (κ3) is 3.50. The number of hydrogen-bond acceptors (Lipinski definition) is 4. The first-order valence-electron chi connectivity index (χ1n) is 5.96. The zero-order valence-electron chi connectivity index (χ0n) is 11.1. The van der Waals surface area contributed by atoms with Crippen molar-refractivity contribution >= 4 is 33.2 Å². The van der Waals surface area contributed by atoms with E-state index in [0.717, 1.165) is 4.47 Å². The standard InChI is InChI=1S/C14H13BrFN3O2/c1-21-10-6-8(15)5-9(7-10)18-14(20)11-3-2-4-12(16)13(11)19-17/h2-7,19H,17H2,1H3,(H,18,20). The van der Waals surface area contributed by atoms with Gasteiger partial charge in [-0.3, -0.25) is 10.6 Å². The molecule has 7 heteroatoms. The highest BCUT2D eigenvalue weighted by atomic mass is 79.9. The maximum Gasteiger partial charge on any atom is 0.257 e. The number of rotatable bonds is 4. The van der Waals surface area contributed by atoms with Gasteiger partial charge in [0.2, 0.25) is 0 Å². The summed E-state index contributed by atoms with van der Waals surface area (Å²) in [6.07, 6.45) is 0. The van der Waals surface area contributed by atoms with Gasteiger partial charge in [0.15, 0.2) is 0 Å². The third-order valence-electron chi connectivity index (χ3n) is 2.77. The number of ether oxygens (including phenoxy) is 1. The molecule has 0 atom stereocenters. The summed E-state index contributed by atoms with van der Waals surface area (Å²) in [5.41, 5.74) is 2.76. The fourth-order valence-electron chi connectivity index (χ4n) is 1.81. The highest BCUT2D eigenvalue weighted by molar-refractivity contribution is 9.10. The van der Waals surface area contributed by atoms with E-state index in [4.69, 9.17) is 10.6 Å². The number of methoxy groups -OCH3 is 1. The Labute approximate surface area is 129 Å².